The molecule has 0 aromatic heterocycles. The van der Waals surface area contributed by atoms with Crippen LogP contribution < -0.4 is 0 Å². The molecule has 0 unspecified atom stereocenters. The van der Waals surface area contributed by atoms with E-state index < -0.39 is 11.9 Å². The summed E-state index contributed by atoms with van der Waals surface area (Å²) in [5.41, 5.74) is 0.469. The van der Waals surface area contributed by atoms with Crippen molar-refractivity contribution in [3.05, 3.63) is 24.3 Å². The Labute approximate surface area is 177 Å². The van der Waals surface area contributed by atoms with Gasteiger partial charge in [0.2, 0.25) is 0 Å². The Balaban J connectivity index is 3.73. The van der Waals surface area contributed by atoms with Crippen molar-refractivity contribution in [1.29, 1.82) is 0 Å². The largest absolute Gasteiger partial charge is 0.462 e. The van der Waals surface area contributed by atoms with Crippen LogP contribution in [-0.4, -0.2) is 38.4 Å². The van der Waals surface area contributed by atoms with Crippen molar-refractivity contribution in [3.63, 3.8) is 0 Å². The van der Waals surface area contributed by atoms with Gasteiger partial charge >= 0.3 is 11.9 Å². The molecule has 5 heteroatoms. The number of hydrogen-bond donors (Lipinski definition) is 0. The molecule has 0 aromatic carbocycles. The van der Waals surface area contributed by atoms with Crippen molar-refractivity contribution in [2.24, 2.45) is 11.8 Å². The highest BCUT2D eigenvalue weighted by Gasteiger charge is 2.12. The van der Waals surface area contributed by atoms with Gasteiger partial charge in [-0.05, 0) is 24.7 Å². The van der Waals surface area contributed by atoms with Crippen LogP contribution in [0.2, 0.25) is 0 Å². The molecule has 0 N–H and O–H groups in total. The first-order valence-electron chi connectivity index (χ1n) is 11.0. The SMILES string of the molecule is C=C(COCC(=C)C(=O)OCCCCCC(C)C)C(=O)OCCCCCC(C)C. The third-order valence-electron chi connectivity index (χ3n) is 4.45. The number of ether oxygens (including phenoxy) is 3. The quantitative estimate of drug-likeness (QED) is 0.166. The zero-order valence-corrected chi connectivity index (χ0v) is 19.1. The van der Waals surface area contributed by atoms with E-state index in [1.165, 1.54) is 12.8 Å². The molecule has 0 amide bonds. The van der Waals surface area contributed by atoms with E-state index >= 15 is 0 Å². The van der Waals surface area contributed by atoms with Crippen LogP contribution in [0.3, 0.4) is 0 Å². The van der Waals surface area contributed by atoms with E-state index in [1.54, 1.807) is 0 Å². The van der Waals surface area contributed by atoms with Crippen LogP contribution in [0, 0.1) is 11.8 Å². The first-order valence-corrected chi connectivity index (χ1v) is 11.0. The highest BCUT2D eigenvalue weighted by Crippen LogP contribution is 2.09. The van der Waals surface area contributed by atoms with Crippen molar-refractivity contribution in [3.8, 4) is 0 Å². The Morgan fingerprint density at radius 1 is 0.655 bits per heavy atom. The molecule has 0 saturated carbocycles. The number of hydrogen-bond acceptors (Lipinski definition) is 5. The van der Waals surface area contributed by atoms with E-state index in [0.29, 0.717) is 25.0 Å². The molecule has 0 spiro atoms. The fourth-order valence-corrected chi connectivity index (χ4v) is 2.61. The summed E-state index contributed by atoms with van der Waals surface area (Å²) >= 11 is 0. The van der Waals surface area contributed by atoms with E-state index in [1.807, 2.05) is 0 Å². The van der Waals surface area contributed by atoms with Crippen LogP contribution in [0.4, 0.5) is 0 Å². The molecule has 0 aromatic rings. The van der Waals surface area contributed by atoms with E-state index in [0.717, 1.165) is 38.5 Å². The second kappa shape index (κ2) is 17.3. The van der Waals surface area contributed by atoms with Crippen molar-refractivity contribution in [2.75, 3.05) is 26.4 Å². The minimum Gasteiger partial charge on any atom is -0.462 e. The van der Waals surface area contributed by atoms with Gasteiger partial charge in [0.25, 0.3) is 0 Å². The van der Waals surface area contributed by atoms with Gasteiger partial charge in [-0.15, -0.1) is 0 Å². The molecule has 0 rings (SSSR count). The van der Waals surface area contributed by atoms with Gasteiger partial charge in [0.05, 0.1) is 37.6 Å². The summed E-state index contributed by atoms with van der Waals surface area (Å²) in [7, 11) is 0. The minimum absolute atomic E-state index is 0.00762. The standard InChI is InChI=1S/C24H42O5/c1-19(2)13-9-7-11-15-28-23(25)21(5)17-27-18-22(6)24(26)29-16-12-8-10-14-20(3)4/h19-20H,5-18H2,1-4H3. The summed E-state index contributed by atoms with van der Waals surface area (Å²) in [4.78, 5) is 23.7. The van der Waals surface area contributed by atoms with Crippen LogP contribution in [0.25, 0.3) is 0 Å². The molecule has 0 atom stereocenters. The highest BCUT2D eigenvalue weighted by atomic mass is 16.5. The maximum atomic E-state index is 11.8. The summed E-state index contributed by atoms with van der Waals surface area (Å²) in [5.74, 6) is 0.499. The summed E-state index contributed by atoms with van der Waals surface area (Å²) in [6.07, 6.45) is 8.49. The number of unbranched alkanes of at least 4 members (excludes halogenated alkanes) is 4. The molecule has 5 nitrogen and oxygen atoms in total. The van der Waals surface area contributed by atoms with Gasteiger partial charge < -0.3 is 14.2 Å². The third kappa shape index (κ3) is 17.0. The summed E-state index contributed by atoms with van der Waals surface area (Å²) < 4.78 is 15.7. The van der Waals surface area contributed by atoms with Gasteiger partial charge in [-0.25, -0.2) is 9.59 Å². The normalized spacial score (nSPS) is 11.0. The second-order valence-electron chi connectivity index (χ2n) is 8.46. The number of esters is 2. The lowest BCUT2D eigenvalue weighted by Crippen LogP contribution is -2.16. The number of rotatable bonds is 18. The Hall–Kier alpha value is -1.62. The Morgan fingerprint density at radius 3 is 1.38 bits per heavy atom. The maximum absolute atomic E-state index is 11.8. The third-order valence-corrected chi connectivity index (χ3v) is 4.45. The molecule has 0 aliphatic heterocycles. The predicted octanol–water partition coefficient (Wildman–Crippen LogP) is 5.63. The van der Waals surface area contributed by atoms with Crippen LogP contribution in [0.1, 0.15) is 79.1 Å². The van der Waals surface area contributed by atoms with Gasteiger partial charge in [0.1, 0.15) is 0 Å². The lowest BCUT2D eigenvalue weighted by atomic mass is 10.1. The Kier molecular flexibility index (Phi) is 16.3. The smallest absolute Gasteiger partial charge is 0.335 e. The summed E-state index contributed by atoms with van der Waals surface area (Å²) in [6.45, 7) is 17.0. The minimum atomic E-state index is -0.455. The lowest BCUT2D eigenvalue weighted by Gasteiger charge is -2.10. The Morgan fingerprint density at radius 2 is 1.03 bits per heavy atom. The monoisotopic (exact) mass is 410 g/mol. The fourth-order valence-electron chi connectivity index (χ4n) is 2.61. The molecule has 29 heavy (non-hydrogen) atoms. The molecule has 0 fully saturated rings. The molecule has 0 saturated heterocycles. The number of carbonyl (C=O) groups excluding carboxylic acids is 2. The molecule has 0 radical (unpaired) electrons. The molecule has 0 heterocycles. The lowest BCUT2D eigenvalue weighted by molar-refractivity contribution is -0.139. The zero-order valence-electron chi connectivity index (χ0n) is 19.1. The fraction of sp³-hybridized carbons (Fsp3) is 0.750. The molecular formula is C24H42O5. The molecular weight excluding hydrogens is 368 g/mol. The second-order valence-corrected chi connectivity index (χ2v) is 8.46. The van der Waals surface area contributed by atoms with Gasteiger partial charge in [0, 0.05) is 0 Å². The maximum Gasteiger partial charge on any atom is 0.335 e. The molecule has 0 aliphatic rings. The van der Waals surface area contributed by atoms with E-state index in [9.17, 15) is 9.59 Å². The van der Waals surface area contributed by atoms with Gasteiger partial charge in [-0.3, -0.25) is 0 Å². The van der Waals surface area contributed by atoms with E-state index in [-0.39, 0.29) is 24.4 Å². The first kappa shape index (κ1) is 27.4. The van der Waals surface area contributed by atoms with Crippen molar-refractivity contribution in [1.82, 2.24) is 0 Å². The molecule has 168 valence electrons. The highest BCUT2D eigenvalue weighted by molar-refractivity contribution is 5.88. The van der Waals surface area contributed by atoms with Gasteiger partial charge in [0.15, 0.2) is 0 Å². The van der Waals surface area contributed by atoms with Gasteiger partial charge in [-0.1, -0.05) is 79.4 Å². The number of carbonyl (C=O) groups is 2. The van der Waals surface area contributed by atoms with Gasteiger partial charge in [-0.2, -0.15) is 0 Å². The molecule has 0 bridgehead atoms. The molecule has 0 aliphatic carbocycles. The van der Waals surface area contributed by atoms with Crippen molar-refractivity contribution < 1.29 is 23.8 Å². The summed E-state index contributed by atoms with van der Waals surface area (Å²) in [6, 6.07) is 0. The van der Waals surface area contributed by atoms with Crippen LogP contribution in [0.5, 0.6) is 0 Å². The van der Waals surface area contributed by atoms with Crippen LogP contribution in [-0.2, 0) is 23.8 Å². The van der Waals surface area contributed by atoms with Crippen molar-refractivity contribution in [2.45, 2.75) is 79.1 Å². The average Bonchev–Trinajstić information content (AvgIpc) is 2.66. The van der Waals surface area contributed by atoms with E-state index in [4.69, 9.17) is 14.2 Å². The first-order chi connectivity index (χ1) is 13.7. The topological polar surface area (TPSA) is 61.8 Å². The van der Waals surface area contributed by atoms with E-state index in [2.05, 4.69) is 40.9 Å². The van der Waals surface area contributed by atoms with Crippen LogP contribution in [0.15, 0.2) is 24.3 Å². The summed E-state index contributed by atoms with van der Waals surface area (Å²) in [5, 5.41) is 0. The Bertz CT molecular complexity index is 449. The van der Waals surface area contributed by atoms with Crippen molar-refractivity contribution >= 4 is 11.9 Å². The predicted molar refractivity (Wildman–Crippen MR) is 118 cm³/mol. The average molecular weight is 411 g/mol. The zero-order chi connectivity index (χ0) is 22.1. The van der Waals surface area contributed by atoms with Crippen LogP contribution >= 0.6 is 0 Å².